The van der Waals surface area contributed by atoms with E-state index in [9.17, 15) is 5.11 Å². The molecule has 1 atom stereocenters. The molecule has 1 aliphatic rings. The van der Waals surface area contributed by atoms with Gasteiger partial charge in [-0.25, -0.2) is 0 Å². The zero-order valence-electron chi connectivity index (χ0n) is 9.96. The lowest BCUT2D eigenvalue weighted by atomic mass is 10.2. The Kier molecular flexibility index (Phi) is 4.49. The van der Waals surface area contributed by atoms with Gasteiger partial charge in [-0.1, -0.05) is 5.16 Å². The Labute approximate surface area is 100 Å². The first-order valence-electron chi connectivity index (χ1n) is 5.69. The molecule has 1 aromatic rings. The van der Waals surface area contributed by atoms with Crippen LogP contribution in [0.2, 0.25) is 0 Å². The largest absolute Gasteiger partial charge is 0.395 e. The molecule has 0 aliphatic carbocycles. The number of methoxy groups -OCH3 is 1. The molecule has 0 amide bonds. The van der Waals surface area contributed by atoms with E-state index in [1.54, 1.807) is 7.11 Å². The lowest BCUT2D eigenvalue weighted by Gasteiger charge is -2.33. The number of ether oxygens (including phenoxy) is 2. The fraction of sp³-hybridized carbons (Fsp3) is 0.727. The number of aromatic nitrogens is 1. The monoisotopic (exact) mass is 242 g/mol. The highest BCUT2D eigenvalue weighted by molar-refractivity contribution is 5.04. The average Bonchev–Trinajstić information content (AvgIpc) is 2.78. The topological polar surface area (TPSA) is 68.0 Å². The van der Waals surface area contributed by atoms with E-state index in [4.69, 9.17) is 14.0 Å². The summed E-state index contributed by atoms with van der Waals surface area (Å²) >= 11 is 0. The van der Waals surface area contributed by atoms with E-state index in [1.165, 1.54) is 0 Å². The van der Waals surface area contributed by atoms with Crippen molar-refractivity contribution < 1.29 is 19.1 Å². The number of aliphatic hydroxyl groups excluding tert-OH is 1. The fourth-order valence-corrected chi connectivity index (χ4v) is 1.91. The molecule has 0 saturated carbocycles. The molecule has 6 heteroatoms. The van der Waals surface area contributed by atoms with Crippen LogP contribution < -0.4 is 0 Å². The Morgan fingerprint density at radius 1 is 1.65 bits per heavy atom. The van der Waals surface area contributed by atoms with E-state index in [0.717, 1.165) is 18.0 Å². The molecule has 96 valence electrons. The summed E-state index contributed by atoms with van der Waals surface area (Å²) in [5.74, 6) is 0.719. The van der Waals surface area contributed by atoms with Crippen molar-refractivity contribution >= 4 is 0 Å². The second-order valence-electron chi connectivity index (χ2n) is 4.10. The van der Waals surface area contributed by atoms with Gasteiger partial charge in [-0.15, -0.1) is 0 Å². The summed E-state index contributed by atoms with van der Waals surface area (Å²) in [7, 11) is 1.62. The van der Waals surface area contributed by atoms with E-state index in [0.29, 0.717) is 26.4 Å². The minimum Gasteiger partial charge on any atom is -0.395 e. The van der Waals surface area contributed by atoms with E-state index >= 15 is 0 Å². The number of aliphatic hydroxyl groups is 1. The van der Waals surface area contributed by atoms with Gasteiger partial charge < -0.3 is 19.1 Å². The highest BCUT2D eigenvalue weighted by Crippen LogP contribution is 2.13. The fourth-order valence-electron chi connectivity index (χ4n) is 1.91. The molecule has 0 bridgehead atoms. The highest BCUT2D eigenvalue weighted by atomic mass is 16.5. The maximum Gasteiger partial charge on any atom is 0.162 e. The summed E-state index contributed by atoms with van der Waals surface area (Å²) in [6.45, 7) is 3.26. The summed E-state index contributed by atoms with van der Waals surface area (Å²) in [6.07, 6.45) is 0. The van der Waals surface area contributed by atoms with Crippen LogP contribution in [0.15, 0.2) is 10.6 Å². The van der Waals surface area contributed by atoms with Gasteiger partial charge in [0.2, 0.25) is 0 Å². The van der Waals surface area contributed by atoms with Gasteiger partial charge in [0.25, 0.3) is 0 Å². The molecule has 2 rings (SSSR count). The lowest BCUT2D eigenvalue weighted by molar-refractivity contribution is -0.0320. The quantitative estimate of drug-likeness (QED) is 0.784. The van der Waals surface area contributed by atoms with Crippen LogP contribution in [-0.4, -0.2) is 54.7 Å². The van der Waals surface area contributed by atoms with Crippen molar-refractivity contribution in [3.8, 4) is 0 Å². The lowest BCUT2D eigenvalue weighted by Crippen LogP contribution is -2.46. The second-order valence-corrected chi connectivity index (χ2v) is 4.10. The first-order chi connectivity index (χ1) is 8.33. The molecule has 0 aromatic carbocycles. The van der Waals surface area contributed by atoms with E-state index in [-0.39, 0.29) is 12.6 Å². The molecule has 1 aliphatic heterocycles. The van der Waals surface area contributed by atoms with Crippen molar-refractivity contribution in [1.29, 1.82) is 0 Å². The minimum atomic E-state index is 0.0475. The van der Waals surface area contributed by atoms with Crippen LogP contribution in [0, 0.1) is 0 Å². The predicted molar refractivity (Wildman–Crippen MR) is 59.3 cm³/mol. The summed E-state index contributed by atoms with van der Waals surface area (Å²) in [5, 5.41) is 13.2. The Morgan fingerprint density at radius 2 is 2.53 bits per heavy atom. The third-order valence-corrected chi connectivity index (χ3v) is 2.82. The Balaban J connectivity index is 1.93. The van der Waals surface area contributed by atoms with Gasteiger partial charge in [0.1, 0.15) is 6.61 Å². The number of nitrogens with zero attached hydrogens (tertiary/aromatic N) is 2. The summed E-state index contributed by atoms with van der Waals surface area (Å²) in [6, 6.07) is 1.93. The van der Waals surface area contributed by atoms with Crippen LogP contribution in [0.1, 0.15) is 11.5 Å². The first kappa shape index (κ1) is 12.5. The maximum atomic E-state index is 9.24. The Morgan fingerprint density at radius 3 is 3.29 bits per heavy atom. The third-order valence-electron chi connectivity index (χ3n) is 2.82. The molecular formula is C11H18N2O4. The van der Waals surface area contributed by atoms with Gasteiger partial charge in [0, 0.05) is 26.3 Å². The van der Waals surface area contributed by atoms with Crippen molar-refractivity contribution in [3.63, 3.8) is 0 Å². The van der Waals surface area contributed by atoms with Crippen LogP contribution >= 0.6 is 0 Å². The van der Waals surface area contributed by atoms with Gasteiger partial charge in [-0.2, -0.15) is 0 Å². The molecule has 2 heterocycles. The van der Waals surface area contributed by atoms with Crippen molar-refractivity contribution in [3.05, 3.63) is 17.5 Å². The SMILES string of the molecule is COCc1cc(CN2CCOCC2CO)no1. The smallest absolute Gasteiger partial charge is 0.162 e. The molecule has 1 saturated heterocycles. The van der Waals surface area contributed by atoms with Gasteiger partial charge in [0.15, 0.2) is 5.76 Å². The van der Waals surface area contributed by atoms with Crippen LogP contribution in [0.4, 0.5) is 0 Å². The molecular weight excluding hydrogens is 224 g/mol. The van der Waals surface area contributed by atoms with E-state index < -0.39 is 0 Å². The summed E-state index contributed by atoms with van der Waals surface area (Å²) < 4.78 is 15.4. The first-order valence-corrected chi connectivity index (χ1v) is 5.69. The minimum absolute atomic E-state index is 0.0475. The molecule has 17 heavy (non-hydrogen) atoms. The zero-order chi connectivity index (χ0) is 12.1. The van der Waals surface area contributed by atoms with Gasteiger partial charge >= 0.3 is 0 Å². The summed E-state index contributed by atoms with van der Waals surface area (Å²) in [4.78, 5) is 2.15. The summed E-state index contributed by atoms with van der Waals surface area (Å²) in [5.41, 5.74) is 0.859. The van der Waals surface area contributed by atoms with Gasteiger partial charge in [0.05, 0.1) is 31.6 Å². The van der Waals surface area contributed by atoms with E-state index in [2.05, 4.69) is 10.1 Å². The van der Waals surface area contributed by atoms with Crippen molar-refractivity contribution in [2.24, 2.45) is 0 Å². The van der Waals surface area contributed by atoms with Crippen LogP contribution in [0.25, 0.3) is 0 Å². The van der Waals surface area contributed by atoms with Gasteiger partial charge in [-0.05, 0) is 0 Å². The number of hydrogen-bond acceptors (Lipinski definition) is 6. The molecule has 1 aromatic heterocycles. The van der Waals surface area contributed by atoms with E-state index in [1.807, 2.05) is 6.07 Å². The van der Waals surface area contributed by atoms with Gasteiger partial charge in [-0.3, -0.25) is 4.90 Å². The van der Waals surface area contributed by atoms with Crippen molar-refractivity contribution in [2.45, 2.75) is 19.2 Å². The number of rotatable bonds is 5. The van der Waals surface area contributed by atoms with Crippen LogP contribution in [0.5, 0.6) is 0 Å². The predicted octanol–water partition coefficient (Wildman–Crippen LogP) is 0.0141. The standard InChI is InChI=1S/C11H18N2O4/c1-15-8-11-4-9(12-17-11)5-13-2-3-16-7-10(13)6-14/h4,10,14H,2-3,5-8H2,1H3. The van der Waals surface area contributed by atoms with Crippen molar-refractivity contribution in [2.75, 3.05) is 33.5 Å². The van der Waals surface area contributed by atoms with Crippen LogP contribution in [-0.2, 0) is 22.6 Å². The molecule has 0 spiro atoms. The number of hydrogen-bond donors (Lipinski definition) is 1. The van der Waals surface area contributed by atoms with Crippen LogP contribution in [0.3, 0.4) is 0 Å². The number of morpholine rings is 1. The molecule has 0 radical (unpaired) electrons. The normalized spacial score (nSPS) is 21.9. The zero-order valence-corrected chi connectivity index (χ0v) is 9.96. The third kappa shape index (κ3) is 3.26. The molecule has 6 nitrogen and oxygen atoms in total. The second kappa shape index (κ2) is 6.11. The molecule has 1 N–H and O–H groups in total. The molecule has 1 unspecified atom stereocenters. The molecule has 1 fully saturated rings. The Bertz CT molecular complexity index is 342. The highest BCUT2D eigenvalue weighted by Gasteiger charge is 2.23. The maximum absolute atomic E-state index is 9.24. The van der Waals surface area contributed by atoms with Crippen molar-refractivity contribution in [1.82, 2.24) is 10.1 Å². The average molecular weight is 242 g/mol. The Hall–Kier alpha value is -0.950.